The highest BCUT2D eigenvalue weighted by atomic mass is 16.3. The molecule has 0 saturated carbocycles. The van der Waals surface area contributed by atoms with E-state index in [4.69, 9.17) is 0 Å². The van der Waals surface area contributed by atoms with E-state index >= 15 is 0 Å². The highest BCUT2D eigenvalue weighted by Gasteiger charge is 2.43. The minimum absolute atomic E-state index is 0.135. The molecule has 0 spiro atoms. The lowest BCUT2D eigenvalue weighted by molar-refractivity contribution is -0.132. The quantitative estimate of drug-likeness (QED) is 0.105. The van der Waals surface area contributed by atoms with Crippen LogP contribution in [0.5, 0.6) is 0 Å². The summed E-state index contributed by atoms with van der Waals surface area (Å²) in [6.07, 6.45) is 0.489. The van der Waals surface area contributed by atoms with Crippen LogP contribution in [0.2, 0.25) is 0 Å². The molecule has 6 nitrogen and oxygen atoms in total. The van der Waals surface area contributed by atoms with E-state index in [2.05, 4.69) is 10.6 Å². The summed E-state index contributed by atoms with van der Waals surface area (Å²) in [6, 6.07) is 29.4. The molecule has 6 heteroatoms. The van der Waals surface area contributed by atoms with Gasteiger partial charge in [-0.1, -0.05) is 147 Å². The Morgan fingerprint density at radius 3 is 0.918 bits per heavy atom. The Labute approximate surface area is 293 Å². The predicted octanol–water partition coefficient (Wildman–Crippen LogP) is 7.54. The molecule has 0 fully saturated rings. The topological polar surface area (TPSA) is 98.7 Å². The van der Waals surface area contributed by atoms with Crippen LogP contribution in [0.1, 0.15) is 91.5 Å². The van der Waals surface area contributed by atoms with Crippen LogP contribution in [0.25, 0.3) is 0 Å². The molecular formula is C43H54N2O4. The maximum atomic E-state index is 13.8. The van der Waals surface area contributed by atoms with Gasteiger partial charge >= 0.3 is 0 Å². The average Bonchev–Trinajstić information content (AvgIpc) is 3.04. The summed E-state index contributed by atoms with van der Waals surface area (Å²) in [6.45, 7) is 16.2. The van der Waals surface area contributed by atoms with Crippen molar-refractivity contribution < 1.29 is 19.8 Å². The number of amides is 2. The lowest BCUT2D eigenvalue weighted by Gasteiger charge is -2.39. The van der Waals surface area contributed by atoms with Crippen molar-refractivity contribution in [1.82, 2.24) is 10.6 Å². The standard InChI is InChI=1S/C43H54N2O4/c1-28(2)25-38(42(48,34-17-9-30(5)10-18-34)35-19-11-31(6)12-20-35)44-40(46)27-41(47)45-39(26-29(3)4)43(49,36-21-13-32(7)14-22-36)37-23-15-33(8)16-24-37/h9-24,28-29,38-39,48-49H,25-27H2,1-8H3,(H,44,46)(H,45,47). The average molecular weight is 663 g/mol. The van der Waals surface area contributed by atoms with E-state index in [0.717, 1.165) is 22.3 Å². The van der Waals surface area contributed by atoms with Crippen LogP contribution in [-0.4, -0.2) is 34.1 Å². The Morgan fingerprint density at radius 2 is 0.714 bits per heavy atom. The summed E-state index contributed by atoms with van der Waals surface area (Å²) >= 11 is 0. The first-order valence-electron chi connectivity index (χ1n) is 17.4. The van der Waals surface area contributed by atoms with Gasteiger partial charge in [-0.3, -0.25) is 9.59 Å². The van der Waals surface area contributed by atoms with Crippen LogP contribution in [0.4, 0.5) is 0 Å². The maximum Gasteiger partial charge on any atom is 0.229 e. The zero-order valence-corrected chi connectivity index (χ0v) is 30.4. The van der Waals surface area contributed by atoms with Crippen LogP contribution < -0.4 is 10.6 Å². The highest BCUT2D eigenvalue weighted by molar-refractivity contribution is 5.97. The molecule has 0 aromatic heterocycles. The second kappa shape index (κ2) is 16.0. The highest BCUT2D eigenvalue weighted by Crippen LogP contribution is 2.38. The van der Waals surface area contributed by atoms with Crippen LogP contribution in [0.15, 0.2) is 97.1 Å². The van der Waals surface area contributed by atoms with E-state index in [0.29, 0.717) is 35.1 Å². The van der Waals surface area contributed by atoms with Crippen LogP contribution in [-0.2, 0) is 20.8 Å². The SMILES string of the molecule is Cc1ccc(C(O)(c2ccc(C)cc2)C(CC(C)C)NC(=O)CC(=O)NC(CC(C)C)C(O)(c2ccc(C)cc2)c2ccc(C)cc2)cc1. The number of hydrogen-bond donors (Lipinski definition) is 4. The van der Waals surface area contributed by atoms with Crippen molar-refractivity contribution in [2.45, 2.75) is 97.9 Å². The number of carbonyl (C=O) groups excluding carboxylic acids is 2. The first kappa shape index (κ1) is 37.6. The van der Waals surface area contributed by atoms with Gasteiger partial charge in [0.2, 0.25) is 11.8 Å². The Hall–Kier alpha value is -4.26. The van der Waals surface area contributed by atoms with Gasteiger partial charge in [0.05, 0.1) is 12.1 Å². The van der Waals surface area contributed by atoms with E-state index in [1.807, 2.05) is 152 Å². The van der Waals surface area contributed by atoms with Crippen molar-refractivity contribution in [2.24, 2.45) is 11.8 Å². The van der Waals surface area contributed by atoms with E-state index in [9.17, 15) is 19.8 Å². The minimum atomic E-state index is -1.55. The molecule has 0 saturated heterocycles. The lowest BCUT2D eigenvalue weighted by Crippen LogP contribution is -2.54. The molecule has 2 atom stereocenters. The van der Waals surface area contributed by atoms with Gasteiger partial charge in [0.1, 0.15) is 17.6 Å². The molecule has 2 unspecified atom stereocenters. The van der Waals surface area contributed by atoms with Crippen molar-refractivity contribution >= 4 is 11.8 Å². The number of aliphatic hydroxyl groups is 2. The summed E-state index contributed by atoms with van der Waals surface area (Å²) in [5, 5.41) is 31.4. The molecule has 4 rings (SSSR count). The van der Waals surface area contributed by atoms with Crippen LogP contribution in [0, 0.1) is 39.5 Å². The molecule has 4 aromatic rings. The Bertz CT molecular complexity index is 1460. The largest absolute Gasteiger partial charge is 0.378 e. The van der Waals surface area contributed by atoms with Crippen molar-refractivity contribution in [3.05, 3.63) is 142 Å². The molecular weight excluding hydrogens is 608 g/mol. The van der Waals surface area contributed by atoms with Gasteiger partial charge in [-0.05, 0) is 74.6 Å². The molecule has 0 aliphatic rings. The first-order valence-corrected chi connectivity index (χ1v) is 17.4. The first-order chi connectivity index (χ1) is 23.1. The molecule has 4 N–H and O–H groups in total. The molecule has 0 bridgehead atoms. The summed E-state index contributed by atoms with van der Waals surface area (Å²) in [5.41, 5.74) is 3.79. The van der Waals surface area contributed by atoms with Crippen LogP contribution >= 0.6 is 0 Å². The van der Waals surface area contributed by atoms with E-state index in [1.165, 1.54) is 0 Å². The molecule has 0 radical (unpaired) electrons. The smallest absolute Gasteiger partial charge is 0.229 e. The van der Waals surface area contributed by atoms with Gasteiger partial charge in [-0.25, -0.2) is 0 Å². The summed E-state index contributed by atoms with van der Waals surface area (Å²) in [5.74, 6) is -0.733. The molecule has 0 aliphatic heterocycles. The van der Waals surface area contributed by atoms with Gasteiger partial charge in [0, 0.05) is 0 Å². The van der Waals surface area contributed by atoms with Gasteiger partial charge < -0.3 is 20.8 Å². The number of nitrogens with one attached hydrogen (secondary N) is 2. The van der Waals surface area contributed by atoms with Crippen LogP contribution in [0.3, 0.4) is 0 Å². The molecule has 0 heterocycles. The summed E-state index contributed by atoms with van der Waals surface area (Å²) in [7, 11) is 0. The van der Waals surface area contributed by atoms with E-state index < -0.39 is 41.5 Å². The fraction of sp³-hybridized carbons (Fsp3) is 0.395. The fourth-order valence-electron chi connectivity index (χ4n) is 6.62. The van der Waals surface area contributed by atoms with Gasteiger partial charge in [-0.15, -0.1) is 0 Å². The third kappa shape index (κ3) is 9.05. The number of carbonyl (C=O) groups is 2. The minimum Gasteiger partial charge on any atom is -0.378 e. The van der Waals surface area contributed by atoms with E-state index in [1.54, 1.807) is 0 Å². The zero-order chi connectivity index (χ0) is 35.9. The lowest BCUT2D eigenvalue weighted by atomic mass is 9.76. The fourth-order valence-corrected chi connectivity index (χ4v) is 6.62. The van der Waals surface area contributed by atoms with Gasteiger partial charge in [0.15, 0.2) is 0 Å². The van der Waals surface area contributed by atoms with E-state index in [-0.39, 0.29) is 11.8 Å². The van der Waals surface area contributed by atoms with Crippen molar-refractivity contribution in [2.75, 3.05) is 0 Å². The van der Waals surface area contributed by atoms with Gasteiger partial charge in [-0.2, -0.15) is 0 Å². The number of benzene rings is 4. The number of hydrogen-bond acceptors (Lipinski definition) is 4. The Kier molecular flexibility index (Phi) is 12.2. The maximum absolute atomic E-state index is 13.8. The van der Waals surface area contributed by atoms with Crippen molar-refractivity contribution in [3.63, 3.8) is 0 Å². The molecule has 2 amide bonds. The monoisotopic (exact) mass is 662 g/mol. The third-order valence-electron chi connectivity index (χ3n) is 9.38. The summed E-state index contributed by atoms with van der Waals surface area (Å²) in [4.78, 5) is 27.6. The van der Waals surface area contributed by atoms with Gasteiger partial charge in [0.25, 0.3) is 0 Å². The molecule has 260 valence electrons. The molecule has 0 aliphatic carbocycles. The second-order valence-corrected chi connectivity index (χ2v) is 14.7. The molecule has 4 aromatic carbocycles. The second-order valence-electron chi connectivity index (χ2n) is 14.7. The third-order valence-corrected chi connectivity index (χ3v) is 9.38. The number of rotatable bonds is 14. The Balaban J connectivity index is 1.66. The predicted molar refractivity (Wildman–Crippen MR) is 198 cm³/mol. The molecule has 49 heavy (non-hydrogen) atoms. The van der Waals surface area contributed by atoms with Crippen molar-refractivity contribution in [1.29, 1.82) is 0 Å². The zero-order valence-electron chi connectivity index (χ0n) is 30.4. The van der Waals surface area contributed by atoms with Crippen molar-refractivity contribution in [3.8, 4) is 0 Å². The number of aryl methyl sites for hydroxylation is 4. The Morgan fingerprint density at radius 1 is 0.490 bits per heavy atom. The summed E-state index contributed by atoms with van der Waals surface area (Å²) < 4.78 is 0. The normalized spacial score (nSPS) is 13.3.